The number of fused-ring (bicyclic) bond motifs is 1. The predicted molar refractivity (Wildman–Crippen MR) is 83.1 cm³/mol. The minimum Gasteiger partial charge on any atom is -1.00 e. The molecule has 3 rings (SSSR count). The van der Waals surface area contributed by atoms with Gasteiger partial charge in [-0.05, 0) is 43.2 Å². The van der Waals surface area contributed by atoms with Crippen LogP contribution in [0, 0.1) is 0 Å². The van der Waals surface area contributed by atoms with Gasteiger partial charge in [0.2, 0.25) is 0 Å². The Morgan fingerprint density at radius 1 is 1.09 bits per heavy atom. The number of nitrogens with zero attached hydrogens (tertiary/aromatic N) is 1. The molecule has 117 valence electrons. The minimum atomic E-state index is -0.610. The number of para-hydroxylation sites is 1. The molecule has 0 radical (unpaired) electrons. The molecule has 0 fully saturated rings. The first-order chi connectivity index (χ1) is 9.61. The van der Waals surface area contributed by atoms with Gasteiger partial charge in [0.15, 0.2) is 0 Å². The molecule has 1 aromatic carbocycles. The van der Waals surface area contributed by atoms with Crippen molar-refractivity contribution in [1.82, 2.24) is 4.57 Å². The van der Waals surface area contributed by atoms with Gasteiger partial charge in [0.25, 0.3) is 0 Å². The van der Waals surface area contributed by atoms with E-state index in [1.54, 1.807) is 0 Å². The average Bonchev–Trinajstić information content (AvgIpc) is 2.99. The topological polar surface area (TPSA) is 14.2 Å². The summed E-state index contributed by atoms with van der Waals surface area (Å²) in [6.07, 6.45) is 5.54. The third-order valence-electron chi connectivity index (χ3n) is 3.14. The molecule has 0 unspecified atom stereocenters. The van der Waals surface area contributed by atoms with Gasteiger partial charge in [-0.1, -0.05) is 23.8 Å². The Morgan fingerprint density at radius 3 is 2.23 bits per heavy atom. The zero-order chi connectivity index (χ0) is 14.5. The smallest absolute Gasteiger partial charge is 1.00 e. The average molecular weight is 433 g/mol. The first kappa shape index (κ1) is 21.9. The zero-order valence-electron chi connectivity index (χ0n) is 13.0. The van der Waals surface area contributed by atoms with E-state index in [0.29, 0.717) is 0 Å². The van der Waals surface area contributed by atoms with Crippen molar-refractivity contribution < 1.29 is 52.5 Å². The predicted octanol–water partition coefficient (Wildman–Crippen LogP) is -2.11. The Balaban J connectivity index is 0.000000559. The van der Waals surface area contributed by atoms with Crippen LogP contribution in [0.5, 0.6) is 0 Å². The number of hydrogen-bond acceptors (Lipinski definition) is 1. The van der Waals surface area contributed by atoms with Crippen LogP contribution in [0.25, 0.3) is 11.8 Å². The van der Waals surface area contributed by atoms with E-state index < -0.39 is 9.04 Å². The van der Waals surface area contributed by atoms with Crippen LogP contribution < -0.4 is 24.8 Å². The maximum Gasteiger partial charge on any atom is -1.00 e. The van der Waals surface area contributed by atoms with Crippen LogP contribution in [0.3, 0.4) is 0 Å². The van der Waals surface area contributed by atoms with Crippen LogP contribution in [0.2, 0.25) is 13.1 Å². The molecule has 2 nitrogen and oxygen atoms in total. The molecule has 6 heteroatoms. The summed E-state index contributed by atoms with van der Waals surface area (Å²) in [6, 6.07) is 12.7. The number of allylic oxidation sites excluding steroid dienone is 1. The molecule has 0 saturated carbocycles. The van der Waals surface area contributed by atoms with Crippen LogP contribution >= 0.6 is 0 Å². The van der Waals surface area contributed by atoms with E-state index in [2.05, 4.69) is 67.2 Å². The molecule has 0 atom stereocenters. The van der Waals surface area contributed by atoms with Crippen LogP contribution in [0.4, 0.5) is 0 Å². The molecule has 0 amide bonds. The summed E-state index contributed by atoms with van der Waals surface area (Å²) < 4.78 is 7.23. The van der Waals surface area contributed by atoms with Gasteiger partial charge in [0.1, 0.15) is 0 Å². The standard InChI is InChI=1S/C14H13N.C2H7OSi.2ClH.Zr/c1-11-9-12-7-8-15(14(12)10-11)13-5-3-2-4-6-13;1-4(2)3;;;/h2-8,10H,9H2,1H3;4H,1-2H3;2*1H;/q;-1;;;+3/p-2. The third-order valence-corrected chi connectivity index (χ3v) is 7.08. The summed E-state index contributed by atoms with van der Waals surface area (Å²) in [7, 11) is -0.610. The van der Waals surface area contributed by atoms with E-state index in [9.17, 15) is 0 Å². The molecule has 1 aliphatic rings. The van der Waals surface area contributed by atoms with E-state index in [4.69, 9.17) is 2.50 Å². The fourth-order valence-electron chi connectivity index (χ4n) is 2.20. The maximum atomic E-state index is 4.98. The fraction of sp³-hybridized carbons (Fsp3) is 0.250. The maximum absolute atomic E-state index is 4.98. The Morgan fingerprint density at radius 2 is 1.68 bits per heavy atom. The summed E-state index contributed by atoms with van der Waals surface area (Å²) in [6.45, 7) is 6.51. The van der Waals surface area contributed by atoms with Crippen molar-refractivity contribution in [3.8, 4) is 5.69 Å². The Labute approximate surface area is 163 Å². The second kappa shape index (κ2) is 10.6. The largest absolute Gasteiger partial charge is 1.00 e. The van der Waals surface area contributed by atoms with Crippen molar-refractivity contribution in [1.29, 1.82) is 0 Å². The van der Waals surface area contributed by atoms with E-state index in [1.165, 1.54) is 47.7 Å². The molecule has 0 bridgehead atoms. The number of benzene rings is 1. The number of hydrogen-bond donors (Lipinski definition) is 0. The first-order valence-corrected chi connectivity index (χ1v) is 10.7. The molecule has 1 heterocycles. The zero-order valence-corrected chi connectivity index (χ0v) is 18.1. The van der Waals surface area contributed by atoms with Gasteiger partial charge in [0.05, 0.1) is 0 Å². The van der Waals surface area contributed by atoms with Gasteiger partial charge in [-0.3, -0.25) is 0 Å². The van der Waals surface area contributed by atoms with Crippen LogP contribution in [-0.2, 0) is 34.1 Å². The molecular weight excluding hydrogens is 412 g/mol. The van der Waals surface area contributed by atoms with Gasteiger partial charge in [-0.15, -0.1) is 0 Å². The molecule has 0 N–H and O–H groups in total. The second-order valence-electron chi connectivity index (χ2n) is 5.27. The third kappa shape index (κ3) is 5.82. The molecule has 2 aromatic rings. The van der Waals surface area contributed by atoms with Crippen molar-refractivity contribution in [3.63, 3.8) is 0 Å². The van der Waals surface area contributed by atoms with Gasteiger partial charge < -0.3 is 29.4 Å². The van der Waals surface area contributed by atoms with Gasteiger partial charge in [0, 0.05) is 17.6 Å². The van der Waals surface area contributed by atoms with Crippen molar-refractivity contribution in [3.05, 3.63) is 59.4 Å². The number of rotatable bonds is 2. The Bertz CT molecular complexity index is 599. The summed E-state index contributed by atoms with van der Waals surface area (Å²) in [4.78, 5) is 0. The first-order valence-electron chi connectivity index (χ1n) is 6.87. The van der Waals surface area contributed by atoms with Gasteiger partial charge >= 0.3 is 49.8 Å². The molecule has 1 aromatic heterocycles. The fourth-order valence-corrected chi connectivity index (χ4v) is 2.20. The number of aromatic nitrogens is 1. The van der Waals surface area contributed by atoms with E-state index in [1.807, 2.05) is 6.07 Å². The van der Waals surface area contributed by atoms with Gasteiger partial charge in [-0.25, -0.2) is 0 Å². The molecule has 1 aliphatic carbocycles. The van der Waals surface area contributed by atoms with Crippen molar-refractivity contribution >= 4 is 15.1 Å². The molecule has 0 saturated heterocycles. The van der Waals surface area contributed by atoms with E-state index in [0.717, 1.165) is 6.42 Å². The summed E-state index contributed by atoms with van der Waals surface area (Å²) in [5, 5.41) is 0. The van der Waals surface area contributed by atoms with Gasteiger partial charge in [-0.2, -0.15) is 0 Å². The molecule has 0 aliphatic heterocycles. The summed E-state index contributed by atoms with van der Waals surface area (Å²) >= 11 is 1.23. The second-order valence-corrected chi connectivity index (χ2v) is 9.34. The number of halogens is 2. The van der Waals surface area contributed by atoms with Crippen LogP contribution in [0.15, 0.2) is 48.2 Å². The molecular formula is C16H20Cl2NOSiZr. The van der Waals surface area contributed by atoms with Crippen molar-refractivity contribution in [2.45, 2.75) is 26.4 Å². The Hall–Kier alpha value is -0.120. The Kier molecular flexibility index (Phi) is 10.6. The SMILES string of the molecule is CC1=Cc2c(ccn2-c2ccccc2)C1.C[SiH](C)[O][Zr+2].[Cl-].[Cl-]. The monoisotopic (exact) mass is 430 g/mol. The van der Waals surface area contributed by atoms with Crippen LogP contribution in [0.1, 0.15) is 18.2 Å². The van der Waals surface area contributed by atoms with E-state index in [-0.39, 0.29) is 24.8 Å². The molecule has 0 spiro atoms. The van der Waals surface area contributed by atoms with Crippen molar-refractivity contribution in [2.75, 3.05) is 0 Å². The summed E-state index contributed by atoms with van der Waals surface area (Å²) in [5.41, 5.74) is 5.48. The summed E-state index contributed by atoms with van der Waals surface area (Å²) in [5.74, 6) is 0. The normalized spacial score (nSPS) is 11.6. The van der Waals surface area contributed by atoms with Crippen molar-refractivity contribution in [2.24, 2.45) is 0 Å². The van der Waals surface area contributed by atoms with E-state index >= 15 is 0 Å². The quantitative estimate of drug-likeness (QED) is 0.496. The molecule has 22 heavy (non-hydrogen) atoms. The minimum absolute atomic E-state index is 0. The van der Waals surface area contributed by atoms with Crippen LogP contribution in [-0.4, -0.2) is 13.6 Å².